The molecule has 0 saturated carbocycles. The summed E-state index contributed by atoms with van der Waals surface area (Å²) in [5.74, 6) is -0.407. The molecule has 1 aromatic carbocycles. The van der Waals surface area contributed by atoms with Gasteiger partial charge in [0.2, 0.25) is 0 Å². The Morgan fingerprint density at radius 2 is 2.33 bits per heavy atom. The van der Waals surface area contributed by atoms with Gasteiger partial charge in [-0.15, -0.1) is 0 Å². The standard InChI is InChI=1S/C11H11ClFNO/c1-11(6-15)2-3-14-10-8(11)4-7(13)5-9(10)12/h4-6,14H,2-3H2,1H3. The molecule has 2 rings (SSSR count). The van der Waals surface area contributed by atoms with E-state index < -0.39 is 11.2 Å². The maximum absolute atomic E-state index is 13.2. The second-order valence-electron chi connectivity index (χ2n) is 4.02. The van der Waals surface area contributed by atoms with E-state index in [4.69, 9.17) is 11.6 Å². The van der Waals surface area contributed by atoms with Crippen LogP contribution in [0.2, 0.25) is 5.02 Å². The molecule has 0 aromatic heterocycles. The molecule has 1 N–H and O–H groups in total. The number of aldehydes is 1. The number of rotatable bonds is 1. The zero-order valence-electron chi connectivity index (χ0n) is 8.31. The maximum Gasteiger partial charge on any atom is 0.130 e. The van der Waals surface area contributed by atoms with E-state index in [1.807, 2.05) is 0 Å². The van der Waals surface area contributed by atoms with Gasteiger partial charge in [-0.05, 0) is 31.0 Å². The van der Waals surface area contributed by atoms with Crippen molar-refractivity contribution >= 4 is 23.6 Å². The van der Waals surface area contributed by atoms with Crippen LogP contribution in [0.4, 0.5) is 10.1 Å². The lowest BCUT2D eigenvalue weighted by Gasteiger charge is -2.32. The van der Waals surface area contributed by atoms with Gasteiger partial charge in [0.05, 0.1) is 16.1 Å². The van der Waals surface area contributed by atoms with Gasteiger partial charge in [0.1, 0.15) is 12.1 Å². The Bertz CT molecular complexity index is 421. The summed E-state index contributed by atoms with van der Waals surface area (Å²) in [5, 5.41) is 3.42. The van der Waals surface area contributed by atoms with Crippen molar-refractivity contribution in [2.24, 2.45) is 0 Å². The molecule has 2 nitrogen and oxygen atoms in total. The lowest BCUT2D eigenvalue weighted by molar-refractivity contribution is -0.112. The van der Waals surface area contributed by atoms with E-state index in [9.17, 15) is 9.18 Å². The third-order valence-corrected chi connectivity index (χ3v) is 3.17. The average Bonchev–Trinajstić information content (AvgIpc) is 2.20. The minimum Gasteiger partial charge on any atom is -0.384 e. The molecule has 1 atom stereocenters. The van der Waals surface area contributed by atoms with Gasteiger partial charge < -0.3 is 10.1 Å². The lowest BCUT2D eigenvalue weighted by atomic mass is 9.78. The van der Waals surface area contributed by atoms with Crippen LogP contribution in [0.5, 0.6) is 0 Å². The molecule has 0 aliphatic carbocycles. The summed E-state index contributed by atoms with van der Waals surface area (Å²) < 4.78 is 13.2. The first-order valence-electron chi connectivity index (χ1n) is 4.76. The molecule has 1 heterocycles. The molecule has 0 amide bonds. The Hall–Kier alpha value is -1.09. The lowest BCUT2D eigenvalue weighted by Crippen LogP contribution is -2.32. The molecule has 0 radical (unpaired) electrons. The van der Waals surface area contributed by atoms with Gasteiger partial charge in [0.25, 0.3) is 0 Å². The van der Waals surface area contributed by atoms with Crippen molar-refractivity contribution in [1.82, 2.24) is 0 Å². The molecule has 1 aliphatic heterocycles. The summed E-state index contributed by atoms with van der Waals surface area (Å²) >= 11 is 5.91. The van der Waals surface area contributed by atoms with Gasteiger partial charge in [-0.3, -0.25) is 0 Å². The first kappa shape index (κ1) is 10.4. The SMILES string of the molecule is CC1(C=O)CCNc2c(Cl)cc(F)cc21. The summed E-state index contributed by atoms with van der Waals surface area (Å²) in [6.07, 6.45) is 1.52. The van der Waals surface area contributed by atoms with Crippen LogP contribution in [0.15, 0.2) is 12.1 Å². The number of hydrogen-bond acceptors (Lipinski definition) is 2. The molecule has 4 heteroatoms. The van der Waals surface area contributed by atoms with Crippen molar-refractivity contribution in [3.8, 4) is 0 Å². The Balaban J connectivity index is 2.65. The van der Waals surface area contributed by atoms with Crippen LogP contribution in [0.3, 0.4) is 0 Å². The maximum atomic E-state index is 13.2. The van der Waals surface area contributed by atoms with Crippen LogP contribution < -0.4 is 5.32 Å². The Morgan fingerprint density at radius 1 is 1.60 bits per heavy atom. The second kappa shape index (κ2) is 3.49. The molecule has 0 spiro atoms. The molecule has 0 bridgehead atoms. The first-order chi connectivity index (χ1) is 7.07. The van der Waals surface area contributed by atoms with Crippen molar-refractivity contribution in [3.63, 3.8) is 0 Å². The highest BCUT2D eigenvalue weighted by Gasteiger charge is 2.33. The van der Waals surface area contributed by atoms with Gasteiger partial charge >= 0.3 is 0 Å². The molecule has 0 saturated heterocycles. The average molecular weight is 228 g/mol. The van der Waals surface area contributed by atoms with Crippen molar-refractivity contribution in [1.29, 1.82) is 0 Å². The van der Waals surface area contributed by atoms with E-state index in [-0.39, 0.29) is 0 Å². The Morgan fingerprint density at radius 3 is 3.00 bits per heavy atom. The van der Waals surface area contributed by atoms with Crippen molar-refractivity contribution in [2.45, 2.75) is 18.8 Å². The third-order valence-electron chi connectivity index (χ3n) is 2.88. The molecule has 1 aromatic rings. The van der Waals surface area contributed by atoms with Crippen molar-refractivity contribution in [3.05, 3.63) is 28.5 Å². The van der Waals surface area contributed by atoms with Crippen molar-refractivity contribution in [2.75, 3.05) is 11.9 Å². The minimum absolute atomic E-state index is 0.331. The molecule has 80 valence electrons. The summed E-state index contributed by atoms with van der Waals surface area (Å²) in [4.78, 5) is 11.1. The number of carbonyl (C=O) groups excluding carboxylic acids is 1. The Kier molecular flexibility index (Phi) is 2.43. The van der Waals surface area contributed by atoms with E-state index in [0.29, 0.717) is 29.2 Å². The summed E-state index contributed by atoms with van der Waals surface area (Å²) in [5.41, 5.74) is 0.694. The van der Waals surface area contributed by atoms with E-state index in [2.05, 4.69) is 5.32 Å². The zero-order valence-corrected chi connectivity index (χ0v) is 9.07. The summed E-state index contributed by atoms with van der Waals surface area (Å²) in [6, 6.07) is 2.63. The van der Waals surface area contributed by atoms with Gasteiger partial charge in [-0.2, -0.15) is 0 Å². The third kappa shape index (κ3) is 1.61. The highest BCUT2D eigenvalue weighted by atomic mass is 35.5. The Labute approximate surface area is 92.4 Å². The van der Waals surface area contributed by atoms with Gasteiger partial charge in [-0.1, -0.05) is 11.6 Å². The molecule has 1 unspecified atom stereocenters. The van der Waals surface area contributed by atoms with Crippen LogP contribution in [-0.2, 0) is 10.2 Å². The van der Waals surface area contributed by atoms with Gasteiger partial charge in [0.15, 0.2) is 0 Å². The van der Waals surface area contributed by atoms with Crippen LogP contribution in [0.25, 0.3) is 0 Å². The molecule has 0 fully saturated rings. The normalized spacial score (nSPS) is 24.2. The van der Waals surface area contributed by atoms with E-state index in [0.717, 1.165) is 6.29 Å². The fourth-order valence-corrected chi connectivity index (χ4v) is 2.18. The van der Waals surface area contributed by atoms with Crippen molar-refractivity contribution < 1.29 is 9.18 Å². The largest absolute Gasteiger partial charge is 0.384 e. The smallest absolute Gasteiger partial charge is 0.130 e. The molecular weight excluding hydrogens is 217 g/mol. The fraction of sp³-hybridized carbons (Fsp3) is 0.364. The van der Waals surface area contributed by atoms with Crippen LogP contribution in [0, 0.1) is 5.82 Å². The quantitative estimate of drug-likeness (QED) is 0.748. The fourth-order valence-electron chi connectivity index (χ4n) is 1.91. The number of benzene rings is 1. The number of halogens is 2. The summed E-state index contributed by atoms with van der Waals surface area (Å²) in [7, 11) is 0. The van der Waals surface area contributed by atoms with Crippen LogP contribution in [0.1, 0.15) is 18.9 Å². The predicted octanol–water partition coefficient (Wildman–Crippen LogP) is 2.75. The topological polar surface area (TPSA) is 29.1 Å². The monoisotopic (exact) mass is 227 g/mol. The zero-order chi connectivity index (χ0) is 11.1. The number of fused-ring (bicyclic) bond motifs is 1. The molecular formula is C11H11ClFNO. The van der Waals surface area contributed by atoms with E-state index in [1.165, 1.54) is 12.1 Å². The van der Waals surface area contributed by atoms with Crippen LogP contribution >= 0.6 is 11.6 Å². The number of hydrogen-bond donors (Lipinski definition) is 1. The number of nitrogens with one attached hydrogen (secondary N) is 1. The van der Waals surface area contributed by atoms with Crippen LogP contribution in [-0.4, -0.2) is 12.8 Å². The first-order valence-corrected chi connectivity index (χ1v) is 5.14. The molecule has 1 aliphatic rings. The van der Waals surface area contributed by atoms with E-state index in [1.54, 1.807) is 6.92 Å². The second-order valence-corrected chi connectivity index (χ2v) is 4.43. The summed E-state index contributed by atoms with van der Waals surface area (Å²) in [6.45, 7) is 2.48. The highest BCUT2D eigenvalue weighted by Crippen LogP contribution is 2.39. The number of carbonyl (C=O) groups is 1. The van der Waals surface area contributed by atoms with Gasteiger partial charge in [-0.25, -0.2) is 4.39 Å². The molecule has 15 heavy (non-hydrogen) atoms. The van der Waals surface area contributed by atoms with E-state index >= 15 is 0 Å². The predicted molar refractivity (Wildman–Crippen MR) is 57.9 cm³/mol. The van der Waals surface area contributed by atoms with Gasteiger partial charge in [0, 0.05) is 6.54 Å². The number of anilines is 1. The minimum atomic E-state index is -0.633. The highest BCUT2D eigenvalue weighted by molar-refractivity contribution is 6.33.